The first-order valence-corrected chi connectivity index (χ1v) is 5.72. The summed E-state index contributed by atoms with van der Waals surface area (Å²) in [4.78, 5) is 19.2. The molecule has 0 bridgehead atoms. The van der Waals surface area contributed by atoms with Gasteiger partial charge in [-0.3, -0.25) is 0 Å². The number of likely N-dealkylation sites (N-methyl/N-ethyl adjacent to an activating group) is 1. The average molecular weight is 235 g/mol. The van der Waals surface area contributed by atoms with Gasteiger partial charge in [-0.2, -0.15) is 0 Å². The van der Waals surface area contributed by atoms with E-state index in [2.05, 4.69) is 28.8 Å². The fourth-order valence-corrected chi connectivity index (χ4v) is 1.98. The minimum Gasteiger partial charge on any atom is -0.477 e. The summed E-state index contributed by atoms with van der Waals surface area (Å²) < 4.78 is 0. The number of rotatable bonds is 2. The van der Waals surface area contributed by atoms with Crippen LogP contribution in [0.25, 0.3) is 0 Å². The molecule has 0 aromatic carbocycles. The van der Waals surface area contributed by atoms with E-state index in [4.69, 9.17) is 5.11 Å². The number of carboxylic acid groups (broad SMARTS) is 1. The zero-order valence-electron chi connectivity index (χ0n) is 10.1. The Bertz CT molecular complexity index is 405. The van der Waals surface area contributed by atoms with Crippen molar-refractivity contribution >= 4 is 11.7 Å². The van der Waals surface area contributed by atoms with Gasteiger partial charge in [0, 0.05) is 25.7 Å². The highest BCUT2D eigenvalue weighted by atomic mass is 16.4. The fourth-order valence-electron chi connectivity index (χ4n) is 1.98. The van der Waals surface area contributed by atoms with Crippen molar-refractivity contribution in [2.45, 2.75) is 13.0 Å². The quantitative estimate of drug-likeness (QED) is 0.826. The van der Waals surface area contributed by atoms with E-state index in [0.717, 1.165) is 25.3 Å². The first kappa shape index (κ1) is 11.9. The Morgan fingerprint density at radius 3 is 2.76 bits per heavy atom. The van der Waals surface area contributed by atoms with E-state index in [9.17, 15) is 4.79 Å². The van der Waals surface area contributed by atoms with E-state index in [1.165, 1.54) is 0 Å². The molecule has 1 aromatic rings. The van der Waals surface area contributed by atoms with Crippen LogP contribution in [0.4, 0.5) is 5.69 Å². The second-order valence-corrected chi connectivity index (χ2v) is 4.48. The minimum absolute atomic E-state index is 0.0934. The Morgan fingerprint density at radius 2 is 2.24 bits per heavy atom. The third-order valence-electron chi connectivity index (χ3n) is 3.29. The lowest BCUT2D eigenvalue weighted by molar-refractivity contribution is 0.0690. The summed E-state index contributed by atoms with van der Waals surface area (Å²) in [5, 5.41) is 8.78. The van der Waals surface area contributed by atoms with Crippen LogP contribution in [0.3, 0.4) is 0 Å². The van der Waals surface area contributed by atoms with E-state index in [1.54, 1.807) is 12.3 Å². The van der Waals surface area contributed by atoms with Crippen molar-refractivity contribution in [2.24, 2.45) is 0 Å². The van der Waals surface area contributed by atoms with Gasteiger partial charge in [-0.05, 0) is 26.1 Å². The lowest BCUT2D eigenvalue weighted by Crippen LogP contribution is -2.50. The van der Waals surface area contributed by atoms with E-state index in [-0.39, 0.29) is 5.69 Å². The van der Waals surface area contributed by atoms with E-state index < -0.39 is 5.97 Å². The van der Waals surface area contributed by atoms with Gasteiger partial charge in [0.05, 0.1) is 11.9 Å². The molecule has 1 unspecified atom stereocenters. The van der Waals surface area contributed by atoms with Crippen LogP contribution in [0.15, 0.2) is 18.3 Å². The van der Waals surface area contributed by atoms with Crippen LogP contribution in [-0.2, 0) is 0 Å². The molecule has 1 aliphatic rings. The maximum Gasteiger partial charge on any atom is 0.354 e. The molecule has 0 saturated carbocycles. The molecule has 5 nitrogen and oxygen atoms in total. The predicted octanol–water partition coefficient (Wildman–Crippen LogP) is 0.920. The largest absolute Gasteiger partial charge is 0.477 e. The first-order chi connectivity index (χ1) is 8.08. The summed E-state index contributed by atoms with van der Waals surface area (Å²) in [7, 11) is 2.12. The zero-order chi connectivity index (χ0) is 12.4. The Labute approximate surface area is 101 Å². The lowest BCUT2D eigenvalue weighted by atomic mass is 10.2. The molecule has 1 N–H and O–H groups in total. The van der Waals surface area contributed by atoms with E-state index >= 15 is 0 Å². The second-order valence-electron chi connectivity index (χ2n) is 4.48. The van der Waals surface area contributed by atoms with Gasteiger partial charge in [0.1, 0.15) is 5.69 Å². The monoisotopic (exact) mass is 235 g/mol. The zero-order valence-corrected chi connectivity index (χ0v) is 10.1. The summed E-state index contributed by atoms with van der Waals surface area (Å²) in [6.07, 6.45) is 1.64. The van der Waals surface area contributed by atoms with Gasteiger partial charge in [-0.25, -0.2) is 9.78 Å². The maximum absolute atomic E-state index is 10.7. The van der Waals surface area contributed by atoms with Crippen LogP contribution in [0.5, 0.6) is 0 Å². The van der Waals surface area contributed by atoms with Gasteiger partial charge >= 0.3 is 5.97 Å². The molecule has 0 aliphatic carbocycles. The summed E-state index contributed by atoms with van der Waals surface area (Å²) in [6.45, 7) is 5.10. The van der Waals surface area contributed by atoms with Gasteiger partial charge in [-0.15, -0.1) is 0 Å². The van der Waals surface area contributed by atoms with Crippen molar-refractivity contribution in [1.82, 2.24) is 9.88 Å². The molecule has 0 spiro atoms. The molecule has 17 heavy (non-hydrogen) atoms. The van der Waals surface area contributed by atoms with Gasteiger partial charge in [-0.1, -0.05) is 0 Å². The molecule has 1 aliphatic heterocycles. The summed E-state index contributed by atoms with van der Waals surface area (Å²) in [6, 6.07) is 3.89. The standard InChI is InChI=1S/C12H17N3O2/c1-9-8-15(6-5-14(9)2)10-3-4-11(12(16)17)13-7-10/h3-4,7,9H,5-6,8H2,1-2H3,(H,16,17). The summed E-state index contributed by atoms with van der Waals surface area (Å²) in [5.41, 5.74) is 1.09. The number of anilines is 1. The number of hydrogen-bond donors (Lipinski definition) is 1. The fraction of sp³-hybridized carbons (Fsp3) is 0.500. The number of pyridine rings is 1. The molecule has 1 atom stereocenters. The molecule has 0 radical (unpaired) electrons. The minimum atomic E-state index is -0.983. The van der Waals surface area contributed by atoms with Crippen LogP contribution in [-0.4, -0.2) is 53.7 Å². The number of nitrogens with zero attached hydrogens (tertiary/aromatic N) is 3. The molecule has 1 aromatic heterocycles. The number of hydrogen-bond acceptors (Lipinski definition) is 4. The normalized spacial score (nSPS) is 21.5. The van der Waals surface area contributed by atoms with Crippen LogP contribution in [0.2, 0.25) is 0 Å². The van der Waals surface area contributed by atoms with Crippen molar-refractivity contribution in [1.29, 1.82) is 0 Å². The van der Waals surface area contributed by atoms with Crippen molar-refractivity contribution in [3.63, 3.8) is 0 Å². The molecular formula is C12H17N3O2. The molecule has 1 fully saturated rings. The van der Waals surface area contributed by atoms with Crippen LogP contribution in [0, 0.1) is 0 Å². The number of aromatic carboxylic acids is 1. The summed E-state index contributed by atoms with van der Waals surface area (Å²) >= 11 is 0. The highest BCUT2D eigenvalue weighted by Gasteiger charge is 2.21. The van der Waals surface area contributed by atoms with Crippen molar-refractivity contribution < 1.29 is 9.90 Å². The van der Waals surface area contributed by atoms with E-state index in [0.29, 0.717) is 6.04 Å². The maximum atomic E-state index is 10.7. The molecular weight excluding hydrogens is 218 g/mol. The van der Waals surface area contributed by atoms with Crippen LogP contribution < -0.4 is 4.90 Å². The Hall–Kier alpha value is -1.62. The van der Waals surface area contributed by atoms with Crippen molar-refractivity contribution in [3.8, 4) is 0 Å². The molecule has 5 heteroatoms. The lowest BCUT2D eigenvalue weighted by Gasteiger charge is -2.38. The van der Waals surface area contributed by atoms with Crippen LogP contribution >= 0.6 is 0 Å². The SMILES string of the molecule is CC1CN(c2ccc(C(=O)O)nc2)CCN1C. The third-order valence-corrected chi connectivity index (χ3v) is 3.29. The second kappa shape index (κ2) is 4.71. The number of aromatic nitrogens is 1. The van der Waals surface area contributed by atoms with Gasteiger partial charge in [0.2, 0.25) is 0 Å². The molecule has 0 amide bonds. The topological polar surface area (TPSA) is 56.7 Å². The third kappa shape index (κ3) is 2.55. The van der Waals surface area contributed by atoms with Crippen molar-refractivity contribution in [3.05, 3.63) is 24.0 Å². The Balaban J connectivity index is 2.10. The number of carboxylic acids is 1. The Morgan fingerprint density at radius 1 is 1.47 bits per heavy atom. The molecule has 2 heterocycles. The number of carbonyl (C=O) groups is 1. The number of piperazine rings is 1. The first-order valence-electron chi connectivity index (χ1n) is 5.72. The van der Waals surface area contributed by atoms with Gasteiger partial charge in [0.25, 0.3) is 0 Å². The average Bonchev–Trinajstić information content (AvgIpc) is 2.33. The van der Waals surface area contributed by atoms with E-state index in [1.807, 2.05) is 6.07 Å². The predicted molar refractivity (Wildman–Crippen MR) is 65.5 cm³/mol. The highest BCUT2D eigenvalue weighted by Crippen LogP contribution is 2.17. The van der Waals surface area contributed by atoms with Gasteiger partial charge < -0.3 is 14.9 Å². The van der Waals surface area contributed by atoms with Crippen molar-refractivity contribution in [2.75, 3.05) is 31.6 Å². The molecule has 92 valence electrons. The molecule has 2 rings (SSSR count). The van der Waals surface area contributed by atoms with Gasteiger partial charge in [0.15, 0.2) is 0 Å². The van der Waals surface area contributed by atoms with Crippen LogP contribution in [0.1, 0.15) is 17.4 Å². The smallest absolute Gasteiger partial charge is 0.354 e. The highest BCUT2D eigenvalue weighted by molar-refractivity contribution is 5.85. The molecule has 1 saturated heterocycles. The Kier molecular flexibility index (Phi) is 3.28. The summed E-state index contributed by atoms with van der Waals surface area (Å²) in [5.74, 6) is -0.983.